The number of rotatable bonds is 4. The fraction of sp³-hybridized carbons (Fsp3) is 0.400. The average molecular weight is 305 g/mol. The molecule has 1 aromatic carbocycles. The first kappa shape index (κ1) is 15.6. The molecule has 2 rings (SSSR count). The maximum absolute atomic E-state index is 12.1. The summed E-state index contributed by atoms with van der Waals surface area (Å²) in [6.07, 6.45) is 1.01. The number of nitrogens with one attached hydrogen (secondary N) is 1. The van der Waals surface area contributed by atoms with E-state index in [0.717, 1.165) is 17.7 Å². The zero-order valence-corrected chi connectivity index (χ0v) is 13.2. The Morgan fingerprint density at radius 1 is 1.43 bits per heavy atom. The van der Waals surface area contributed by atoms with Crippen LogP contribution < -0.4 is 5.32 Å². The Kier molecular flexibility index (Phi) is 5.01. The number of amidine groups is 1. The summed E-state index contributed by atoms with van der Waals surface area (Å²) in [5.41, 5.74) is 1.90. The first-order valence-electron chi connectivity index (χ1n) is 6.85. The lowest BCUT2D eigenvalue weighted by Gasteiger charge is -2.11. The maximum Gasteiger partial charge on any atom is 0.242 e. The third-order valence-corrected chi connectivity index (χ3v) is 4.70. The van der Waals surface area contributed by atoms with Crippen LogP contribution in [0, 0.1) is 0 Å². The summed E-state index contributed by atoms with van der Waals surface area (Å²) in [7, 11) is 3.33. The molecule has 1 aliphatic rings. The molecule has 0 radical (unpaired) electrons. The lowest BCUT2D eigenvalue weighted by atomic mass is 10.1. The summed E-state index contributed by atoms with van der Waals surface area (Å²) in [5.74, 6) is -0.216. The van der Waals surface area contributed by atoms with Gasteiger partial charge in [-0.1, -0.05) is 36.9 Å². The van der Waals surface area contributed by atoms with Gasteiger partial charge in [0, 0.05) is 26.2 Å². The van der Waals surface area contributed by atoms with E-state index in [1.165, 1.54) is 16.7 Å². The van der Waals surface area contributed by atoms with Crippen LogP contribution in [-0.4, -0.2) is 41.2 Å². The van der Waals surface area contributed by atoms with Crippen molar-refractivity contribution < 1.29 is 9.59 Å². The number of nitrogens with zero attached hydrogens (tertiary/aromatic N) is 2. The van der Waals surface area contributed by atoms with E-state index in [1.807, 2.05) is 31.2 Å². The third kappa shape index (κ3) is 3.44. The standard InChI is InChI=1S/C15H19N3O2S/c1-4-10-7-5-6-8-11(10)17-13(19)9-12-14(20)18(3)15(16-2)21-12/h5-8,12H,4,9H2,1-3H3,(H,17,19). The number of anilines is 1. The highest BCUT2D eigenvalue weighted by atomic mass is 32.2. The van der Waals surface area contributed by atoms with E-state index in [2.05, 4.69) is 10.3 Å². The van der Waals surface area contributed by atoms with Crippen molar-refractivity contribution in [2.75, 3.05) is 19.4 Å². The first-order valence-corrected chi connectivity index (χ1v) is 7.73. The summed E-state index contributed by atoms with van der Waals surface area (Å²) in [6.45, 7) is 2.04. The second-order valence-electron chi connectivity index (χ2n) is 4.77. The van der Waals surface area contributed by atoms with Crippen LogP contribution in [0.25, 0.3) is 0 Å². The number of carbonyl (C=O) groups is 2. The van der Waals surface area contributed by atoms with E-state index in [1.54, 1.807) is 14.1 Å². The van der Waals surface area contributed by atoms with Crippen molar-refractivity contribution >= 4 is 34.4 Å². The van der Waals surface area contributed by atoms with E-state index in [-0.39, 0.29) is 23.5 Å². The second-order valence-corrected chi connectivity index (χ2v) is 5.94. The molecule has 5 nitrogen and oxygen atoms in total. The Morgan fingerprint density at radius 3 is 2.76 bits per heavy atom. The fourth-order valence-corrected chi connectivity index (χ4v) is 3.32. The molecule has 1 unspecified atom stereocenters. The number of aliphatic imine (C=N–C) groups is 1. The van der Waals surface area contributed by atoms with Crippen LogP contribution in [0.5, 0.6) is 0 Å². The van der Waals surface area contributed by atoms with E-state index in [0.29, 0.717) is 5.17 Å². The molecule has 0 saturated carbocycles. The van der Waals surface area contributed by atoms with Crippen molar-refractivity contribution in [2.45, 2.75) is 25.0 Å². The molecule has 1 aromatic rings. The molecular weight excluding hydrogens is 286 g/mol. The molecule has 1 aliphatic heterocycles. The zero-order valence-electron chi connectivity index (χ0n) is 12.4. The minimum Gasteiger partial charge on any atom is -0.326 e. The number of thioether (sulfide) groups is 1. The molecule has 1 fully saturated rings. The molecule has 1 heterocycles. The van der Waals surface area contributed by atoms with Crippen LogP contribution in [-0.2, 0) is 16.0 Å². The van der Waals surface area contributed by atoms with Crippen LogP contribution in [0.4, 0.5) is 5.69 Å². The number of amides is 2. The first-order chi connectivity index (χ1) is 10.1. The fourth-order valence-electron chi connectivity index (χ4n) is 2.22. The summed E-state index contributed by atoms with van der Waals surface area (Å²) >= 11 is 1.34. The van der Waals surface area contributed by atoms with Gasteiger partial charge in [0.15, 0.2) is 5.17 Å². The SMILES string of the molecule is CCc1ccccc1NC(=O)CC1SC(=NC)N(C)C1=O. The topological polar surface area (TPSA) is 61.8 Å². The molecule has 0 aromatic heterocycles. The smallest absolute Gasteiger partial charge is 0.242 e. The molecule has 2 amide bonds. The Hall–Kier alpha value is -1.82. The molecular formula is C15H19N3O2S. The van der Waals surface area contributed by atoms with Gasteiger partial charge in [-0.3, -0.25) is 19.5 Å². The van der Waals surface area contributed by atoms with E-state index >= 15 is 0 Å². The molecule has 0 spiro atoms. The number of carbonyl (C=O) groups excluding carboxylic acids is 2. The zero-order chi connectivity index (χ0) is 15.4. The third-order valence-electron chi connectivity index (χ3n) is 3.38. The normalized spacial score (nSPS) is 20.1. The molecule has 6 heteroatoms. The molecule has 1 atom stereocenters. The van der Waals surface area contributed by atoms with Crippen LogP contribution in [0.3, 0.4) is 0 Å². The second kappa shape index (κ2) is 6.76. The van der Waals surface area contributed by atoms with Crippen molar-refractivity contribution in [1.29, 1.82) is 0 Å². The van der Waals surface area contributed by atoms with Gasteiger partial charge < -0.3 is 5.32 Å². The van der Waals surface area contributed by atoms with Gasteiger partial charge in [0.05, 0.1) is 0 Å². The quantitative estimate of drug-likeness (QED) is 0.927. The number of benzene rings is 1. The largest absolute Gasteiger partial charge is 0.326 e. The van der Waals surface area contributed by atoms with Gasteiger partial charge >= 0.3 is 0 Å². The van der Waals surface area contributed by atoms with Gasteiger partial charge in [-0.15, -0.1) is 0 Å². The van der Waals surface area contributed by atoms with Crippen molar-refractivity contribution in [1.82, 2.24) is 4.90 Å². The summed E-state index contributed by atoms with van der Waals surface area (Å²) in [5, 5.41) is 3.17. The van der Waals surface area contributed by atoms with Crippen LogP contribution in [0.15, 0.2) is 29.3 Å². The average Bonchev–Trinajstić information content (AvgIpc) is 2.75. The summed E-state index contributed by atoms with van der Waals surface area (Å²) in [6, 6.07) is 7.70. The highest BCUT2D eigenvalue weighted by Crippen LogP contribution is 2.28. The predicted molar refractivity (Wildman–Crippen MR) is 86.6 cm³/mol. The predicted octanol–water partition coefficient (Wildman–Crippen LogP) is 2.14. The lowest BCUT2D eigenvalue weighted by Crippen LogP contribution is -2.30. The maximum atomic E-state index is 12.1. The van der Waals surface area contributed by atoms with Gasteiger partial charge in [0.1, 0.15) is 5.25 Å². The van der Waals surface area contributed by atoms with Crippen molar-refractivity contribution in [3.8, 4) is 0 Å². The van der Waals surface area contributed by atoms with Gasteiger partial charge in [-0.2, -0.15) is 0 Å². The molecule has 0 aliphatic carbocycles. The highest BCUT2D eigenvalue weighted by molar-refractivity contribution is 8.15. The van der Waals surface area contributed by atoms with E-state index in [4.69, 9.17) is 0 Å². The number of hydrogen-bond acceptors (Lipinski definition) is 4. The highest BCUT2D eigenvalue weighted by Gasteiger charge is 2.36. The summed E-state index contributed by atoms with van der Waals surface area (Å²) < 4.78 is 0. The Labute approximate surface area is 128 Å². The van der Waals surface area contributed by atoms with E-state index in [9.17, 15) is 9.59 Å². The summed E-state index contributed by atoms with van der Waals surface area (Å²) in [4.78, 5) is 29.7. The van der Waals surface area contributed by atoms with E-state index < -0.39 is 0 Å². The van der Waals surface area contributed by atoms with Crippen molar-refractivity contribution in [3.05, 3.63) is 29.8 Å². The minimum atomic E-state index is -0.387. The number of hydrogen-bond donors (Lipinski definition) is 1. The number of para-hydroxylation sites is 1. The molecule has 1 N–H and O–H groups in total. The monoisotopic (exact) mass is 305 g/mol. The van der Waals surface area contributed by atoms with Gasteiger partial charge in [-0.05, 0) is 18.1 Å². The molecule has 21 heavy (non-hydrogen) atoms. The molecule has 112 valence electrons. The number of aryl methyl sites for hydroxylation is 1. The Balaban J connectivity index is 2.01. The van der Waals surface area contributed by atoms with Crippen LogP contribution in [0.2, 0.25) is 0 Å². The minimum absolute atomic E-state index is 0.0699. The van der Waals surface area contributed by atoms with Gasteiger partial charge in [0.25, 0.3) is 0 Å². The Morgan fingerprint density at radius 2 is 2.14 bits per heavy atom. The molecule has 1 saturated heterocycles. The van der Waals surface area contributed by atoms with Crippen molar-refractivity contribution in [3.63, 3.8) is 0 Å². The lowest BCUT2D eigenvalue weighted by molar-refractivity contribution is -0.127. The van der Waals surface area contributed by atoms with Gasteiger partial charge in [-0.25, -0.2) is 0 Å². The van der Waals surface area contributed by atoms with Gasteiger partial charge in [0.2, 0.25) is 11.8 Å². The van der Waals surface area contributed by atoms with Crippen molar-refractivity contribution in [2.24, 2.45) is 4.99 Å². The Bertz CT molecular complexity index is 586. The van der Waals surface area contributed by atoms with Crippen LogP contribution in [0.1, 0.15) is 18.9 Å². The van der Waals surface area contributed by atoms with Crippen LogP contribution >= 0.6 is 11.8 Å². The molecule has 0 bridgehead atoms.